The number of esters is 1. The maximum atomic E-state index is 13.3. The molecule has 1 aliphatic rings. The molecule has 3 nitrogen and oxygen atoms in total. The average molecular weight is 266 g/mol. The predicted molar refractivity (Wildman–Crippen MR) is 69.1 cm³/mol. The number of hydrogen-bond acceptors (Lipinski definition) is 3. The highest BCUT2D eigenvalue weighted by Gasteiger charge is 2.31. The maximum absolute atomic E-state index is 13.3. The van der Waals surface area contributed by atoms with Gasteiger partial charge in [-0.05, 0) is 24.1 Å². The second-order valence-electron chi connectivity index (χ2n) is 4.91. The van der Waals surface area contributed by atoms with Gasteiger partial charge >= 0.3 is 5.97 Å². The number of carbonyl (C=O) groups excluding carboxylic acids is 1. The van der Waals surface area contributed by atoms with E-state index in [1.54, 1.807) is 6.07 Å². The Morgan fingerprint density at radius 3 is 2.89 bits per heavy atom. The summed E-state index contributed by atoms with van der Waals surface area (Å²) < 4.78 is 24.5. The van der Waals surface area contributed by atoms with Crippen molar-refractivity contribution < 1.29 is 18.7 Å². The fourth-order valence-corrected chi connectivity index (χ4v) is 2.49. The van der Waals surface area contributed by atoms with Gasteiger partial charge in [0.05, 0.1) is 12.2 Å². The van der Waals surface area contributed by atoms with Crippen LogP contribution in [0.1, 0.15) is 44.8 Å². The Morgan fingerprint density at radius 1 is 1.47 bits per heavy atom. The summed E-state index contributed by atoms with van der Waals surface area (Å²) in [6.45, 7) is 3.44. The van der Waals surface area contributed by atoms with Gasteiger partial charge in [0.25, 0.3) is 0 Å². The molecule has 0 aliphatic carbocycles. The van der Waals surface area contributed by atoms with Crippen LogP contribution >= 0.6 is 0 Å². The van der Waals surface area contributed by atoms with E-state index in [-0.39, 0.29) is 30.1 Å². The maximum Gasteiger partial charge on any atom is 0.302 e. The molecule has 1 aliphatic heterocycles. The highest BCUT2D eigenvalue weighted by atomic mass is 19.1. The molecule has 19 heavy (non-hydrogen) atoms. The topological polar surface area (TPSA) is 35.5 Å². The van der Waals surface area contributed by atoms with Crippen LogP contribution in [-0.2, 0) is 14.3 Å². The van der Waals surface area contributed by atoms with Crippen LogP contribution in [0.4, 0.5) is 4.39 Å². The number of halogens is 1. The van der Waals surface area contributed by atoms with Gasteiger partial charge in [-0.3, -0.25) is 4.79 Å². The van der Waals surface area contributed by atoms with Crippen LogP contribution < -0.4 is 0 Å². The molecule has 0 radical (unpaired) electrons. The molecule has 0 amide bonds. The molecule has 4 heteroatoms. The second-order valence-corrected chi connectivity index (χ2v) is 4.91. The number of benzene rings is 1. The van der Waals surface area contributed by atoms with Crippen LogP contribution in [0, 0.1) is 5.82 Å². The molecule has 0 aromatic heterocycles. The summed E-state index contributed by atoms with van der Waals surface area (Å²) in [6.07, 6.45) is 1.83. The van der Waals surface area contributed by atoms with Crippen molar-refractivity contribution in [3.05, 3.63) is 35.6 Å². The summed E-state index contributed by atoms with van der Waals surface area (Å²) in [5, 5.41) is 0. The number of carbonyl (C=O) groups is 1. The molecular formula is C15H19FO3. The molecular weight excluding hydrogens is 247 g/mol. The minimum Gasteiger partial charge on any atom is -0.462 e. The first-order valence-electron chi connectivity index (χ1n) is 6.66. The first-order valence-corrected chi connectivity index (χ1v) is 6.66. The van der Waals surface area contributed by atoms with E-state index < -0.39 is 0 Å². The van der Waals surface area contributed by atoms with Gasteiger partial charge < -0.3 is 9.47 Å². The van der Waals surface area contributed by atoms with Crippen LogP contribution in [0.3, 0.4) is 0 Å². The quantitative estimate of drug-likeness (QED) is 0.787. The number of hydrogen-bond donors (Lipinski definition) is 0. The Labute approximate surface area is 112 Å². The van der Waals surface area contributed by atoms with E-state index in [1.807, 2.05) is 13.0 Å². The fraction of sp³-hybridized carbons (Fsp3) is 0.533. The predicted octanol–water partition coefficient (Wildman–Crippen LogP) is 3.39. The molecule has 2 rings (SSSR count). The average Bonchev–Trinajstić information content (AvgIpc) is 2.37. The van der Waals surface area contributed by atoms with Crippen molar-refractivity contribution in [1.29, 1.82) is 0 Å². The molecule has 1 aromatic carbocycles. The standard InChI is InChI=1S/C15H19FO3/c1-3-13-8-14(18-10(2)17)9-15(19-13)11-5-4-6-12(16)7-11/h4-7,13-15H,3,8-9H2,1-2H3/t13-,14+,15-/m0/s1. The normalized spacial score (nSPS) is 27.0. The first-order chi connectivity index (χ1) is 9.08. The minimum absolute atomic E-state index is 0.0476. The molecule has 0 saturated carbocycles. The van der Waals surface area contributed by atoms with E-state index in [2.05, 4.69) is 0 Å². The molecule has 1 heterocycles. The summed E-state index contributed by atoms with van der Waals surface area (Å²) in [7, 11) is 0. The van der Waals surface area contributed by atoms with Crippen LogP contribution in [0.5, 0.6) is 0 Å². The Bertz CT molecular complexity index is 447. The Kier molecular flexibility index (Phi) is 4.53. The molecule has 1 aromatic rings. The Hall–Kier alpha value is -1.42. The lowest BCUT2D eigenvalue weighted by Crippen LogP contribution is -2.33. The van der Waals surface area contributed by atoms with Crippen LogP contribution in [-0.4, -0.2) is 18.2 Å². The summed E-state index contributed by atoms with van der Waals surface area (Å²) in [6, 6.07) is 6.40. The van der Waals surface area contributed by atoms with Gasteiger partial charge in [0.2, 0.25) is 0 Å². The Balaban J connectivity index is 2.13. The summed E-state index contributed by atoms with van der Waals surface area (Å²) in [5.74, 6) is -0.552. The summed E-state index contributed by atoms with van der Waals surface area (Å²) in [5.41, 5.74) is 0.801. The molecule has 0 bridgehead atoms. The summed E-state index contributed by atoms with van der Waals surface area (Å²) in [4.78, 5) is 11.1. The molecule has 1 saturated heterocycles. The van der Waals surface area contributed by atoms with Crippen LogP contribution in [0.25, 0.3) is 0 Å². The van der Waals surface area contributed by atoms with E-state index in [1.165, 1.54) is 19.1 Å². The van der Waals surface area contributed by atoms with Gasteiger partial charge in [0, 0.05) is 19.8 Å². The van der Waals surface area contributed by atoms with Crippen LogP contribution in [0.2, 0.25) is 0 Å². The first kappa shape index (κ1) is 14.0. The number of rotatable bonds is 3. The highest BCUT2D eigenvalue weighted by Crippen LogP contribution is 2.34. The second kappa shape index (κ2) is 6.15. The monoisotopic (exact) mass is 266 g/mol. The van der Waals surface area contributed by atoms with Gasteiger partial charge in [0.1, 0.15) is 11.9 Å². The zero-order valence-corrected chi connectivity index (χ0v) is 11.3. The highest BCUT2D eigenvalue weighted by molar-refractivity contribution is 5.66. The van der Waals surface area contributed by atoms with Crippen molar-refractivity contribution in [2.24, 2.45) is 0 Å². The van der Waals surface area contributed by atoms with Gasteiger partial charge in [-0.1, -0.05) is 19.1 Å². The van der Waals surface area contributed by atoms with Gasteiger partial charge in [0.15, 0.2) is 0 Å². The molecule has 0 unspecified atom stereocenters. The van der Waals surface area contributed by atoms with Crippen LogP contribution in [0.15, 0.2) is 24.3 Å². The minimum atomic E-state index is -0.278. The lowest BCUT2D eigenvalue weighted by Gasteiger charge is -2.34. The third-order valence-corrected chi connectivity index (χ3v) is 3.37. The largest absolute Gasteiger partial charge is 0.462 e. The molecule has 3 atom stereocenters. The van der Waals surface area contributed by atoms with Crippen molar-refractivity contribution >= 4 is 5.97 Å². The fourth-order valence-electron chi connectivity index (χ4n) is 2.49. The van der Waals surface area contributed by atoms with E-state index >= 15 is 0 Å². The van der Waals surface area contributed by atoms with Crippen molar-refractivity contribution in [3.63, 3.8) is 0 Å². The smallest absolute Gasteiger partial charge is 0.302 e. The molecule has 0 N–H and O–H groups in total. The van der Waals surface area contributed by atoms with E-state index in [4.69, 9.17) is 9.47 Å². The van der Waals surface area contributed by atoms with Crippen molar-refractivity contribution in [2.75, 3.05) is 0 Å². The van der Waals surface area contributed by atoms with Gasteiger partial charge in [-0.2, -0.15) is 0 Å². The van der Waals surface area contributed by atoms with Gasteiger partial charge in [-0.25, -0.2) is 4.39 Å². The lowest BCUT2D eigenvalue weighted by atomic mass is 9.95. The molecule has 104 valence electrons. The third kappa shape index (κ3) is 3.77. The van der Waals surface area contributed by atoms with Gasteiger partial charge in [-0.15, -0.1) is 0 Å². The summed E-state index contributed by atoms with van der Waals surface area (Å²) >= 11 is 0. The number of ether oxygens (including phenoxy) is 2. The zero-order valence-electron chi connectivity index (χ0n) is 11.3. The third-order valence-electron chi connectivity index (χ3n) is 3.37. The molecule has 0 spiro atoms. The zero-order chi connectivity index (χ0) is 13.8. The van der Waals surface area contributed by atoms with E-state index in [9.17, 15) is 9.18 Å². The van der Waals surface area contributed by atoms with Crippen molar-refractivity contribution in [1.82, 2.24) is 0 Å². The van der Waals surface area contributed by atoms with E-state index in [0.717, 1.165) is 12.0 Å². The van der Waals surface area contributed by atoms with Crippen molar-refractivity contribution in [2.45, 2.75) is 51.4 Å². The van der Waals surface area contributed by atoms with Crippen molar-refractivity contribution in [3.8, 4) is 0 Å². The van der Waals surface area contributed by atoms with E-state index in [0.29, 0.717) is 12.8 Å². The Morgan fingerprint density at radius 2 is 2.26 bits per heavy atom. The SMILES string of the molecule is CC[C@H]1C[C@@H](OC(C)=O)C[C@@H](c2cccc(F)c2)O1. The molecule has 1 fully saturated rings. The lowest BCUT2D eigenvalue weighted by molar-refractivity contribution is -0.160.